The van der Waals surface area contributed by atoms with Crippen LogP contribution in [0, 0.1) is 0 Å². The van der Waals surface area contributed by atoms with E-state index < -0.39 is 16.1 Å². The molecule has 0 aliphatic heterocycles. The van der Waals surface area contributed by atoms with Crippen molar-refractivity contribution in [2.24, 2.45) is 0 Å². The van der Waals surface area contributed by atoms with E-state index in [0.717, 1.165) is 0 Å². The fourth-order valence-electron chi connectivity index (χ4n) is 0.852. The van der Waals surface area contributed by atoms with Gasteiger partial charge >= 0.3 is 0 Å². The molecule has 0 fully saturated rings. The monoisotopic (exact) mass is 201 g/mol. The van der Waals surface area contributed by atoms with Crippen molar-refractivity contribution in [1.29, 1.82) is 0 Å². The molecule has 2 N–H and O–H groups in total. The van der Waals surface area contributed by atoms with Crippen LogP contribution < -0.4 is 5.32 Å². The van der Waals surface area contributed by atoms with Crippen LogP contribution in [-0.4, -0.2) is 18.9 Å². The van der Waals surface area contributed by atoms with E-state index >= 15 is 0 Å². The molecule has 0 bridgehead atoms. The summed E-state index contributed by atoms with van der Waals surface area (Å²) in [7, 11) is -2.47. The van der Waals surface area contributed by atoms with Crippen molar-refractivity contribution < 1.29 is 13.5 Å². The lowest BCUT2D eigenvalue weighted by Crippen LogP contribution is -2.16. The average molecular weight is 201 g/mol. The number of rotatable bonds is 3. The number of benzene rings is 1. The van der Waals surface area contributed by atoms with E-state index in [9.17, 15) is 8.42 Å². The van der Waals surface area contributed by atoms with E-state index in [1.807, 2.05) is 0 Å². The summed E-state index contributed by atoms with van der Waals surface area (Å²) < 4.78 is 21.0. The van der Waals surface area contributed by atoms with Crippen LogP contribution in [0.3, 0.4) is 0 Å². The minimum absolute atomic E-state index is 0.157. The largest absolute Gasteiger partial charge is 0.508 e. The molecule has 0 amide bonds. The first-order valence-corrected chi connectivity index (χ1v) is 5.03. The second-order valence-electron chi connectivity index (χ2n) is 2.65. The average Bonchev–Trinajstić information content (AvgIpc) is 2.08. The molecule has 0 heterocycles. The molecular weight excluding hydrogens is 190 g/mol. The molecule has 1 unspecified atom stereocenters. The van der Waals surface area contributed by atoms with Crippen LogP contribution in [0.15, 0.2) is 24.3 Å². The molecule has 0 saturated carbocycles. The first-order chi connectivity index (χ1) is 6.09. The molecular formula is C8H11NO3S. The number of aromatic hydroxyl groups is 1. The molecule has 0 saturated heterocycles. The number of hydrogen-bond donors (Lipinski definition) is 3. The molecule has 0 spiro atoms. The van der Waals surface area contributed by atoms with E-state index in [-0.39, 0.29) is 5.75 Å². The number of phenolic OH excluding ortho intramolecular Hbond substituents is 1. The number of hydrogen-bond acceptors (Lipinski definition) is 4. The van der Waals surface area contributed by atoms with Crippen molar-refractivity contribution in [3.05, 3.63) is 24.3 Å². The van der Waals surface area contributed by atoms with Crippen LogP contribution in [0.4, 0.5) is 5.69 Å². The fourth-order valence-corrected chi connectivity index (χ4v) is 1.11. The zero-order chi connectivity index (χ0) is 9.84. The van der Waals surface area contributed by atoms with Crippen LogP contribution in [0.25, 0.3) is 0 Å². The third-order valence-electron chi connectivity index (χ3n) is 1.56. The van der Waals surface area contributed by atoms with E-state index in [2.05, 4.69) is 5.32 Å². The van der Waals surface area contributed by atoms with Crippen molar-refractivity contribution in [2.45, 2.75) is 12.3 Å². The maximum atomic E-state index is 10.5. The summed E-state index contributed by atoms with van der Waals surface area (Å²) in [6, 6.07) is 6.22. The Morgan fingerprint density at radius 3 is 2.31 bits per heavy atom. The number of nitrogens with one attached hydrogen (secondary N) is 1. The van der Waals surface area contributed by atoms with E-state index in [0.29, 0.717) is 5.69 Å². The maximum absolute atomic E-state index is 10.5. The van der Waals surface area contributed by atoms with Gasteiger partial charge in [0.1, 0.15) is 11.1 Å². The van der Waals surface area contributed by atoms with Gasteiger partial charge in [0.15, 0.2) is 10.7 Å². The highest BCUT2D eigenvalue weighted by Gasteiger charge is 2.02. The van der Waals surface area contributed by atoms with Gasteiger partial charge in [-0.05, 0) is 31.2 Å². The summed E-state index contributed by atoms with van der Waals surface area (Å²) in [6.45, 7) is 1.55. The standard InChI is InChI=1S/C8H11NO3S/c1-6(13(11)12)9-7-2-4-8(10)5-3-7/h2-6,9-10,13H,1H3. The van der Waals surface area contributed by atoms with Gasteiger partial charge in [0.05, 0.1) is 0 Å². The topological polar surface area (TPSA) is 66.4 Å². The first kappa shape index (κ1) is 9.85. The van der Waals surface area contributed by atoms with Crippen LogP contribution in [-0.2, 0) is 10.7 Å². The van der Waals surface area contributed by atoms with Gasteiger partial charge in [-0.1, -0.05) is 0 Å². The van der Waals surface area contributed by atoms with Gasteiger partial charge in [-0.3, -0.25) is 0 Å². The molecule has 1 atom stereocenters. The number of thiol groups is 1. The second-order valence-corrected chi connectivity index (χ2v) is 4.00. The lowest BCUT2D eigenvalue weighted by molar-refractivity contribution is 0.475. The van der Waals surface area contributed by atoms with E-state index in [4.69, 9.17) is 5.11 Å². The lowest BCUT2D eigenvalue weighted by atomic mass is 10.3. The number of anilines is 1. The summed E-state index contributed by atoms with van der Waals surface area (Å²) in [5.74, 6) is 0.157. The first-order valence-electron chi connectivity index (χ1n) is 3.78. The third-order valence-corrected chi connectivity index (χ3v) is 2.32. The van der Waals surface area contributed by atoms with Crippen molar-refractivity contribution in [1.82, 2.24) is 0 Å². The highest BCUT2D eigenvalue weighted by Crippen LogP contribution is 2.14. The van der Waals surface area contributed by atoms with Crippen molar-refractivity contribution in [3.8, 4) is 5.75 Å². The molecule has 1 rings (SSSR count). The molecule has 1 aromatic rings. The Morgan fingerprint density at radius 2 is 1.85 bits per heavy atom. The lowest BCUT2D eigenvalue weighted by Gasteiger charge is -2.08. The molecule has 1 aromatic carbocycles. The van der Waals surface area contributed by atoms with Gasteiger partial charge in [-0.15, -0.1) is 0 Å². The molecule has 13 heavy (non-hydrogen) atoms. The highest BCUT2D eigenvalue weighted by molar-refractivity contribution is 7.73. The van der Waals surface area contributed by atoms with Crippen LogP contribution >= 0.6 is 0 Å². The second kappa shape index (κ2) is 4.13. The Labute approximate surface area is 78.2 Å². The molecule has 0 aliphatic rings. The third kappa shape index (κ3) is 2.95. The molecule has 0 radical (unpaired) electrons. The van der Waals surface area contributed by atoms with Crippen LogP contribution in [0.5, 0.6) is 5.75 Å². The van der Waals surface area contributed by atoms with Gasteiger partial charge in [0, 0.05) is 5.69 Å². The van der Waals surface area contributed by atoms with E-state index in [1.165, 1.54) is 12.1 Å². The molecule has 0 aromatic heterocycles. The fraction of sp³-hybridized carbons (Fsp3) is 0.250. The van der Waals surface area contributed by atoms with Crippen molar-refractivity contribution in [3.63, 3.8) is 0 Å². The van der Waals surface area contributed by atoms with Gasteiger partial charge in [0.25, 0.3) is 0 Å². The number of phenols is 1. The Kier molecular flexibility index (Phi) is 3.13. The predicted molar refractivity (Wildman–Crippen MR) is 51.5 cm³/mol. The molecule has 4 nitrogen and oxygen atoms in total. The summed E-state index contributed by atoms with van der Waals surface area (Å²) in [5.41, 5.74) is 0.671. The Balaban J connectivity index is 2.69. The molecule has 72 valence electrons. The predicted octanol–water partition coefficient (Wildman–Crippen LogP) is 0.761. The van der Waals surface area contributed by atoms with E-state index in [1.54, 1.807) is 19.1 Å². The van der Waals surface area contributed by atoms with Gasteiger partial charge in [-0.2, -0.15) is 0 Å². The Morgan fingerprint density at radius 1 is 1.31 bits per heavy atom. The minimum atomic E-state index is -2.47. The minimum Gasteiger partial charge on any atom is -0.508 e. The molecule has 5 heteroatoms. The zero-order valence-electron chi connectivity index (χ0n) is 7.10. The van der Waals surface area contributed by atoms with Gasteiger partial charge in [0.2, 0.25) is 0 Å². The highest BCUT2D eigenvalue weighted by atomic mass is 32.2. The summed E-state index contributed by atoms with van der Waals surface area (Å²) in [6.07, 6.45) is 0. The summed E-state index contributed by atoms with van der Waals surface area (Å²) in [5, 5.41) is 11.1. The van der Waals surface area contributed by atoms with Crippen LogP contribution in [0.2, 0.25) is 0 Å². The van der Waals surface area contributed by atoms with Gasteiger partial charge < -0.3 is 10.4 Å². The van der Waals surface area contributed by atoms with Crippen LogP contribution in [0.1, 0.15) is 6.92 Å². The quantitative estimate of drug-likeness (QED) is 0.499. The zero-order valence-corrected chi connectivity index (χ0v) is 7.99. The summed E-state index contributed by atoms with van der Waals surface area (Å²) >= 11 is 0. The Hall–Kier alpha value is -1.23. The normalized spacial score (nSPS) is 12.8. The smallest absolute Gasteiger partial charge is 0.160 e. The summed E-state index contributed by atoms with van der Waals surface area (Å²) in [4.78, 5) is 0. The van der Waals surface area contributed by atoms with Gasteiger partial charge in [-0.25, -0.2) is 8.42 Å². The van der Waals surface area contributed by atoms with Crippen molar-refractivity contribution >= 4 is 16.4 Å². The Bertz CT molecular complexity index is 337. The molecule has 0 aliphatic carbocycles. The maximum Gasteiger partial charge on any atom is 0.160 e. The SMILES string of the molecule is CC(Nc1ccc(O)cc1)[SH](=O)=O. The van der Waals surface area contributed by atoms with Crippen molar-refractivity contribution in [2.75, 3.05) is 5.32 Å².